The lowest BCUT2D eigenvalue weighted by atomic mass is 9.96. The van der Waals surface area contributed by atoms with Gasteiger partial charge in [-0.1, -0.05) is 42.8 Å². The van der Waals surface area contributed by atoms with E-state index in [0.29, 0.717) is 0 Å². The van der Waals surface area contributed by atoms with E-state index in [-0.39, 0.29) is 11.5 Å². The van der Waals surface area contributed by atoms with Crippen LogP contribution in [0.25, 0.3) is 20.5 Å². The molecular formula is C30H31NO2S. The molecule has 1 N–H and O–H groups in total. The predicted octanol–water partition coefficient (Wildman–Crippen LogP) is 7.23. The molecule has 3 aromatic carbocycles. The number of ketones is 1. The number of aryl methyl sites for hydroxylation is 2. The first-order chi connectivity index (χ1) is 16.6. The van der Waals surface area contributed by atoms with E-state index >= 15 is 0 Å². The predicted molar refractivity (Wildman–Crippen MR) is 142 cm³/mol. The molecule has 3 nitrogen and oxygen atoms in total. The van der Waals surface area contributed by atoms with Crippen molar-refractivity contribution in [2.75, 3.05) is 19.6 Å². The number of thiophene rings is 1. The van der Waals surface area contributed by atoms with Crippen LogP contribution in [0.15, 0.2) is 66.7 Å². The summed E-state index contributed by atoms with van der Waals surface area (Å²) in [6, 6.07) is 21.6. The SMILES string of the molecule is Cc1ccc2c(C(=O)c3ccc(CCCN4CCCCC4)cc3)c(-c3ccc(O)cc3)sc2c1. The van der Waals surface area contributed by atoms with E-state index in [1.807, 2.05) is 24.3 Å². The van der Waals surface area contributed by atoms with Gasteiger partial charge in [0.2, 0.25) is 0 Å². The standard InChI is InChI=1S/C30H31NO2S/c1-21-7-16-26-27(20-21)34-30(24-12-14-25(32)15-13-24)28(26)29(33)23-10-8-22(9-11-23)6-5-19-31-17-3-2-4-18-31/h7-16,20,32H,2-6,17-19H2,1H3. The third kappa shape index (κ3) is 4.94. The van der Waals surface area contributed by atoms with Gasteiger partial charge in [-0.15, -0.1) is 11.3 Å². The van der Waals surface area contributed by atoms with Crippen LogP contribution in [0.2, 0.25) is 0 Å². The lowest BCUT2D eigenvalue weighted by Gasteiger charge is -2.26. The summed E-state index contributed by atoms with van der Waals surface area (Å²) in [6.45, 7) is 5.72. The molecule has 0 atom stereocenters. The lowest BCUT2D eigenvalue weighted by molar-refractivity contribution is 0.104. The zero-order valence-corrected chi connectivity index (χ0v) is 20.5. The van der Waals surface area contributed by atoms with Gasteiger partial charge < -0.3 is 10.0 Å². The van der Waals surface area contributed by atoms with E-state index < -0.39 is 0 Å². The molecule has 0 spiro atoms. The van der Waals surface area contributed by atoms with Gasteiger partial charge in [-0.05, 0) is 99.3 Å². The number of aromatic hydroxyl groups is 1. The fourth-order valence-electron chi connectivity index (χ4n) is 4.90. The summed E-state index contributed by atoms with van der Waals surface area (Å²) < 4.78 is 1.11. The van der Waals surface area contributed by atoms with Crippen LogP contribution in [-0.2, 0) is 6.42 Å². The number of hydrogen-bond acceptors (Lipinski definition) is 4. The number of carbonyl (C=O) groups excluding carboxylic acids is 1. The fourth-order valence-corrected chi connectivity index (χ4v) is 6.21. The average Bonchev–Trinajstić information content (AvgIpc) is 3.23. The molecular weight excluding hydrogens is 438 g/mol. The maximum atomic E-state index is 13.7. The second kappa shape index (κ2) is 10.1. The Labute approximate surface area is 205 Å². The van der Waals surface area contributed by atoms with Gasteiger partial charge in [0.15, 0.2) is 5.78 Å². The van der Waals surface area contributed by atoms with E-state index in [4.69, 9.17) is 0 Å². The fraction of sp³-hybridized carbons (Fsp3) is 0.300. The molecule has 5 rings (SSSR count). The minimum absolute atomic E-state index is 0.0537. The Kier molecular flexibility index (Phi) is 6.80. The number of benzene rings is 3. The van der Waals surface area contributed by atoms with Crippen molar-refractivity contribution in [1.82, 2.24) is 4.90 Å². The molecule has 174 valence electrons. The second-order valence-corrected chi connectivity index (χ2v) is 10.4. The maximum absolute atomic E-state index is 13.7. The largest absolute Gasteiger partial charge is 0.508 e. The first-order valence-electron chi connectivity index (χ1n) is 12.3. The van der Waals surface area contributed by atoms with Gasteiger partial charge in [-0.3, -0.25) is 4.79 Å². The molecule has 0 radical (unpaired) electrons. The Morgan fingerprint density at radius 3 is 2.41 bits per heavy atom. The first kappa shape index (κ1) is 22.8. The summed E-state index contributed by atoms with van der Waals surface area (Å²) in [4.78, 5) is 17.3. The highest BCUT2D eigenvalue weighted by atomic mass is 32.1. The van der Waals surface area contributed by atoms with Crippen LogP contribution in [0.4, 0.5) is 0 Å². The van der Waals surface area contributed by atoms with Crippen LogP contribution in [0.1, 0.15) is 52.7 Å². The first-order valence-corrected chi connectivity index (χ1v) is 13.1. The highest BCUT2D eigenvalue weighted by Gasteiger charge is 2.21. The van der Waals surface area contributed by atoms with Gasteiger partial charge in [0.25, 0.3) is 0 Å². The quantitative estimate of drug-likeness (QED) is 0.290. The highest BCUT2D eigenvalue weighted by molar-refractivity contribution is 7.22. The minimum atomic E-state index is 0.0537. The zero-order valence-electron chi connectivity index (χ0n) is 19.7. The number of carbonyl (C=O) groups is 1. The van der Waals surface area contributed by atoms with Crippen LogP contribution in [0, 0.1) is 6.92 Å². The number of piperidine rings is 1. The summed E-state index contributed by atoms with van der Waals surface area (Å²) in [5, 5.41) is 10.7. The zero-order chi connectivity index (χ0) is 23.5. The van der Waals surface area contributed by atoms with Gasteiger partial charge in [-0.25, -0.2) is 0 Å². The van der Waals surface area contributed by atoms with E-state index in [9.17, 15) is 9.90 Å². The number of nitrogens with zero attached hydrogens (tertiary/aromatic N) is 1. The smallest absolute Gasteiger partial charge is 0.195 e. The molecule has 1 aliphatic heterocycles. The van der Waals surface area contributed by atoms with E-state index in [0.717, 1.165) is 51.0 Å². The molecule has 1 aliphatic rings. The third-order valence-electron chi connectivity index (χ3n) is 6.81. The van der Waals surface area contributed by atoms with Crippen molar-refractivity contribution in [2.24, 2.45) is 0 Å². The summed E-state index contributed by atoms with van der Waals surface area (Å²) in [7, 11) is 0. The molecule has 2 heterocycles. The Balaban J connectivity index is 1.39. The van der Waals surface area contributed by atoms with Crippen molar-refractivity contribution >= 4 is 27.2 Å². The van der Waals surface area contributed by atoms with E-state index in [1.54, 1.807) is 23.5 Å². The van der Waals surface area contributed by atoms with Gasteiger partial charge in [0.1, 0.15) is 5.75 Å². The Hall–Kier alpha value is -2.95. The topological polar surface area (TPSA) is 40.5 Å². The molecule has 1 fully saturated rings. The minimum Gasteiger partial charge on any atom is -0.508 e. The van der Waals surface area contributed by atoms with E-state index in [1.165, 1.54) is 43.5 Å². The summed E-state index contributed by atoms with van der Waals surface area (Å²) in [6.07, 6.45) is 6.25. The van der Waals surface area contributed by atoms with Crippen LogP contribution in [0.5, 0.6) is 5.75 Å². The maximum Gasteiger partial charge on any atom is 0.195 e. The summed E-state index contributed by atoms with van der Waals surface area (Å²) in [5.74, 6) is 0.280. The van der Waals surface area contributed by atoms with Crippen molar-refractivity contribution in [3.63, 3.8) is 0 Å². The number of phenols is 1. The molecule has 0 amide bonds. The Morgan fingerprint density at radius 2 is 1.68 bits per heavy atom. The van der Waals surface area contributed by atoms with Crippen molar-refractivity contribution in [3.8, 4) is 16.2 Å². The molecule has 4 aromatic rings. The molecule has 4 heteroatoms. The van der Waals surface area contributed by atoms with Crippen LogP contribution in [0.3, 0.4) is 0 Å². The molecule has 0 unspecified atom stereocenters. The van der Waals surface area contributed by atoms with Crippen LogP contribution in [-0.4, -0.2) is 35.4 Å². The normalized spacial score (nSPS) is 14.5. The highest BCUT2D eigenvalue weighted by Crippen LogP contribution is 2.40. The van der Waals surface area contributed by atoms with Crippen molar-refractivity contribution in [3.05, 3.63) is 89.0 Å². The van der Waals surface area contributed by atoms with Gasteiger partial charge >= 0.3 is 0 Å². The molecule has 1 saturated heterocycles. The van der Waals surface area contributed by atoms with Crippen molar-refractivity contribution in [2.45, 2.75) is 39.0 Å². The van der Waals surface area contributed by atoms with Gasteiger partial charge in [0.05, 0.1) is 0 Å². The van der Waals surface area contributed by atoms with Gasteiger partial charge in [0, 0.05) is 26.1 Å². The molecule has 0 saturated carbocycles. The monoisotopic (exact) mass is 469 g/mol. The van der Waals surface area contributed by atoms with Gasteiger partial charge in [-0.2, -0.15) is 0 Å². The van der Waals surface area contributed by atoms with Crippen LogP contribution >= 0.6 is 11.3 Å². The lowest BCUT2D eigenvalue weighted by Crippen LogP contribution is -2.30. The third-order valence-corrected chi connectivity index (χ3v) is 8.01. The molecule has 1 aromatic heterocycles. The number of fused-ring (bicyclic) bond motifs is 1. The van der Waals surface area contributed by atoms with Crippen LogP contribution < -0.4 is 0 Å². The Morgan fingerprint density at radius 1 is 0.941 bits per heavy atom. The van der Waals surface area contributed by atoms with E-state index in [2.05, 4.69) is 42.2 Å². The van der Waals surface area contributed by atoms with Crippen molar-refractivity contribution in [1.29, 1.82) is 0 Å². The number of likely N-dealkylation sites (tertiary alicyclic amines) is 1. The average molecular weight is 470 g/mol. The van der Waals surface area contributed by atoms with Crippen molar-refractivity contribution < 1.29 is 9.90 Å². The Bertz CT molecular complexity index is 1280. The second-order valence-electron chi connectivity index (χ2n) is 9.38. The number of hydrogen-bond donors (Lipinski definition) is 1. The number of phenolic OH excluding ortho intramolecular Hbond substituents is 1. The molecule has 0 bridgehead atoms. The molecule has 34 heavy (non-hydrogen) atoms. The summed E-state index contributed by atoms with van der Waals surface area (Å²) in [5.41, 5.74) is 4.90. The molecule has 0 aliphatic carbocycles. The number of rotatable bonds is 7. The summed E-state index contributed by atoms with van der Waals surface area (Å²) >= 11 is 1.64.